The monoisotopic (exact) mass is 516 g/mol. The van der Waals surface area contributed by atoms with Gasteiger partial charge in [0.1, 0.15) is 5.69 Å². The van der Waals surface area contributed by atoms with Crippen molar-refractivity contribution >= 4 is 23.1 Å². The first-order valence-corrected chi connectivity index (χ1v) is 12.7. The van der Waals surface area contributed by atoms with Crippen LogP contribution in [-0.4, -0.2) is 47.4 Å². The fourth-order valence-corrected chi connectivity index (χ4v) is 4.74. The van der Waals surface area contributed by atoms with E-state index in [-0.39, 0.29) is 11.6 Å². The van der Waals surface area contributed by atoms with E-state index in [4.69, 9.17) is 14.7 Å². The first-order valence-electron chi connectivity index (χ1n) is 11.8. The molecule has 5 aromatic heterocycles. The number of aromatic nitrogens is 6. The first-order chi connectivity index (χ1) is 18.1. The number of aromatic hydroxyl groups is 1. The Morgan fingerprint density at radius 2 is 2.11 bits per heavy atom. The van der Waals surface area contributed by atoms with Crippen LogP contribution in [0.15, 0.2) is 58.7 Å². The van der Waals surface area contributed by atoms with Gasteiger partial charge < -0.3 is 14.8 Å². The maximum atomic E-state index is 11.5. The zero-order chi connectivity index (χ0) is 25.2. The Hall–Kier alpha value is -4.13. The number of thiophene rings is 1. The van der Waals surface area contributed by atoms with E-state index in [9.17, 15) is 9.90 Å². The number of imidazole rings is 1. The van der Waals surface area contributed by atoms with Crippen molar-refractivity contribution in [3.63, 3.8) is 0 Å². The number of aromatic amines is 2. The highest BCUT2D eigenvalue weighted by Gasteiger charge is 2.20. The van der Waals surface area contributed by atoms with Gasteiger partial charge in [0.2, 0.25) is 5.88 Å². The van der Waals surface area contributed by atoms with Crippen molar-refractivity contribution < 1.29 is 9.84 Å². The van der Waals surface area contributed by atoms with Crippen LogP contribution < -0.4 is 21.7 Å². The number of rotatable bonds is 9. The summed E-state index contributed by atoms with van der Waals surface area (Å²) in [5.41, 5.74) is 3.02. The molecule has 37 heavy (non-hydrogen) atoms. The molecule has 1 aliphatic carbocycles. The third kappa shape index (κ3) is 5.35. The van der Waals surface area contributed by atoms with Gasteiger partial charge in [-0.2, -0.15) is 9.61 Å². The minimum atomic E-state index is -0.487. The number of hydrogen-bond acceptors (Lipinski definition) is 9. The summed E-state index contributed by atoms with van der Waals surface area (Å²) in [6.07, 6.45) is 8.96. The second kappa shape index (κ2) is 10.1. The zero-order valence-corrected chi connectivity index (χ0v) is 20.5. The largest absolute Gasteiger partial charge is 0.493 e. The van der Waals surface area contributed by atoms with Gasteiger partial charge in [-0.25, -0.2) is 9.78 Å². The van der Waals surface area contributed by atoms with E-state index in [2.05, 4.69) is 25.4 Å². The van der Waals surface area contributed by atoms with Crippen LogP contribution in [0.3, 0.4) is 0 Å². The fourth-order valence-electron chi connectivity index (χ4n) is 3.84. The minimum absolute atomic E-state index is 0.235. The Balaban J connectivity index is 1.24. The van der Waals surface area contributed by atoms with Gasteiger partial charge in [0.05, 0.1) is 36.1 Å². The summed E-state index contributed by atoms with van der Waals surface area (Å²) >= 11 is 1.61. The van der Waals surface area contributed by atoms with Gasteiger partial charge in [-0.05, 0) is 48.7 Å². The number of pyridine rings is 1. The summed E-state index contributed by atoms with van der Waals surface area (Å²) in [5, 5.41) is 18.4. The number of nitrogens with one attached hydrogen (secondary N) is 3. The SMILES string of the molecule is O=c1[nH]c(O)c(C=c2cnn3c(=NC4CC4)cc(-c4ccc(COCNCc5ccncc5)s4)nc23)[nH]1. The molecule has 12 heteroatoms. The summed E-state index contributed by atoms with van der Waals surface area (Å²) < 4.78 is 7.50. The molecule has 11 nitrogen and oxygen atoms in total. The van der Waals surface area contributed by atoms with Gasteiger partial charge in [-0.3, -0.25) is 20.3 Å². The van der Waals surface area contributed by atoms with Gasteiger partial charge >= 0.3 is 5.69 Å². The molecule has 1 aliphatic rings. The molecule has 0 atom stereocenters. The molecule has 0 unspecified atom stereocenters. The second-order valence-corrected chi connectivity index (χ2v) is 9.89. The van der Waals surface area contributed by atoms with Crippen molar-refractivity contribution in [2.75, 3.05) is 6.73 Å². The molecule has 5 heterocycles. The van der Waals surface area contributed by atoms with Crippen LogP contribution in [0, 0.1) is 0 Å². The Labute approximate surface area is 214 Å². The quantitative estimate of drug-likeness (QED) is 0.171. The van der Waals surface area contributed by atoms with Crippen molar-refractivity contribution in [2.24, 2.45) is 4.99 Å². The smallest absolute Gasteiger partial charge is 0.326 e. The van der Waals surface area contributed by atoms with Gasteiger partial charge in [-0.1, -0.05) is 0 Å². The van der Waals surface area contributed by atoms with Crippen molar-refractivity contribution in [1.82, 2.24) is 34.9 Å². The highest BCUT2D eigenvalue weighted by Crippen LogP contribution is 2.27. The summed E-state index contributed by atoms with van der Waals surface area (Å²) in [4.78, 5) is 32.2. The average Bonchev–Trinajstić information content (AvgIpc) is 3.28. The lowest BCUT2D eigenvalue weighted by atomic mass is 10.3. The average molecular weight is 517 g/mol. The van der Waals surface area contributed by atoms with Crippen molar-refractivity contribution in [1.29, 1.82) is 0 Å². The molecule has 4 N–H and O–H groups in total. The highest BCUT2D eigenvalue weighted by atomic mass is 32.1. The first kappa shape index (κ1) is 23.3. The van der Waals surface area contributed by atoms with Crippen LogP contribution >= 0.6 is 11.3 Å². The molecule has 5 aromatic rings. The molecule has 6 rings (SSSR count). The van der Waals surface area contributed by atoms with Gasteiger partial charge in [0, 0.05) is 35.1 Å². The third-order valence-electron chi connectivity index (χ3n) is 5.82. The fraction of sp³-hybridized carbons (Fsp3) is 0.240. The van der Waals surface area contributed by atoms with Gasteiger partial charge in [0.15, 0.2) is 11.1 Å². The van der Waals surface area contributed by atoms with Gasteiger partial charge in [0.25, 0.3) is 0 Å². The number of ether oxygens (including phenoxy) is 1. The van der Waals surface area contributed by atoms with Crippen LogP contribution in [0.2, 0.25) is 0 Å². The normalized spacial score (nSPS) is 14.7. The van der Waals surface area contributed by atoms with E-state index in [0.717, 1.165) is 39.3 Å². The third-order valence-corrected chi connectivity index (χ3v) is 6.90. The standard InChI is InChI=1S/C25H24N8O3S/c34-24-20(31-25(35)32-24)9-16-12-28-33-22(29-17-1-2-17)10-19(30-23(16)33)21-4-3-18(37-21)13-36-14-27-11-15-5-7-26-8-6-15/h3-10,12,17,27,34H,1-2,11,13-14H2,(H2,31,32,35). The number of H-pyrrole nitrogens is 2. The Bertz CT molecular complexity index is 1720. The molecule has 0 radical (unpaired) electrons. The second-order valence-electron chi connectivity index (χ2n) is 8.72. The molecule has 0 amide bonds. The summed E-state index contributed by atoms with van der Waals surface area (Å²) in [7, 11) is 0. The highest BCUT2D eigenvalue weighted by molar-refractivity contribution is 7.15. The maximum Gasteiger partial charge on any atom is 0.326 e. The molecular weight excluding hydrogens is 492 g/mol. The Morgan fingerprint density at radius 1 is 1.24 bits per heavy atom. The molecule has 0 saturated heterocycles. The van der Waals surface area contributed by atoms with Crippen molar-refractivity contribution in [2.45, 2.75) is 32.0 Å². The lowest BCUT2D eigenvalue weighted by Crippen LogP contribution is -2.19. The predicted molar refractivity (Wildman–Crippen MR) is 137 cm³/mol. The van der Waals surface area contributed by atoms with Crippen LogP contribution in [0.25, 0.3) is 22.3 Å². The molecule has 1 saturated carbocycles. The summed E-state index contributed by atoms with van der Waals surface area (Å²) in [6.45, 7) is 1.64. The van der Waals surface area contributed by atoms with Crippen molar-refractivity contribution in [3.05, 3.63) is 86.2 Å². The molecule has 0 aliphatic heterocycles. The van der Waals surface area contributed by atoms with Crippen LogP contribution in [0.1, 0.15) is 29.0 Å². The molecule has 1 fully saturated rings. The summed E-state index contributed by atoms with van der Waals surface area (Å²) in [6, 6.07) is 10.3. The zero-order valence-electron chi connectivity index (χ0n) is 19.7. The molecule has 0 bridgehead atoms. The molecule has 0 spiro atoms. The van der Waals surface area contributed by atoms with E-state index < -0.39 is 5.69 Å². The minimum Gasteiger partial charge on any atom is -0.493 e. The van der Waals surface area contributed by atoms with E-state index in [0.29, 0.717) is 36.8 Å². The topological polar surface area (TPSA) is 146 Å². The van der Waals surface area contributed by atoms with E-state index >= 15 is 0 Å². The number of hydrogen-bond donors (Lipinski definition) is 4. The summed E-state index contributed by atoms with van der Waals surface area (Å²) in [5.74, 6) is -0.235. The molecule has 188 valence electrons. The van der Waals surface area contributed by atoms with E-state index in [1.807, 2.05) is 30.3 Å². The maximum absolute atomic E-state index is 11.5. The Morgan fingerprint density at radius 3 is 2.89 bits per heavy atom. The van der Waals surface area contributed by atoms with E-state index in [1.54, 1.807) is 40.5 Å². The number of fused-ring (bicyclic) bond motifs is 1. The molecular formula is C25H24N8O3S. The van der Waals surface area contributed by atoms with Crippen LogP contribution in [0.5, 0.6) is 5.88 Å². The number of nitrogens with zero attached hydrogens (tertiary/aromatic N) is 5. The Kier molecular flexibility index (Phi) is 6.35. The van der Waals surface area contributed by atoms with Crippen LogP contribution in [0.4, 0.5) is 0 Å². The van der Waals surface area contributed by atoms with E-state index in [1.165, 1.54) is 0 Å². The van der Waals surface area contributed by atoms with Gasteiger partial charge in [-0.15, -0.1) is 11.3 Å². The predicted octanol–water partition coefficient (Wildman–Crippen LogP) is 1.45. The van der Waals surface area contributed by atoms with Crippen molar-refractivity contribution in [3.8, 4) is 16.5 Å². The molecule has 0 aromatic carbocycles. The lowest BCUT2D eigenvalue weighted by Gasteiger charge is -2.05. The lowest BCUT2D eigenvalue weighted by molar-refractivity contribution is 0.104. The van der Waals surface area contributed by atoms with Crippen LogP contribution in [-0.2, 0) is 17.9 Å².